The fourth-order valence-corrected chi connectivity index (χ4v) is 2.04. The van der Waals surface area contributed by atoms with Gasteiger partial charge in [-0.15, -0.1) is 0 Å². The van der Waals surface area contributed by atoms with Gasteiger partial charge in [-0.3, -0.25) is 0 Å². The summed E-state index contributed by atoms with van der Waals surface area (Å²) in [5.41, 5.74) is 2.00. The highest BCUT2D eigenvalue weighted by Crippen LogP contribution is 2.31. The number of aliphatic hydroxyl groups excluding tert-OH is 1. The van der Waals surface area contributed by atoms with Gasteiger partial charge in [0, 0.05) is 0 Å². The number of rotatable bonds is 2. The highest BCUT2D eigenvalue weighted by atomic mass is 35.5. The van der Waals surface area contributed by atoms with Gasteiger partial charge in [-0.2, -0.15) is 0 Å². The van der Waals surface area contributed by atoms with Crippen molar-refractivity contribution in [2.75, 3.05) is 0 Å². The monoisotopic (exact) mass is 271 g/mol. The van der Waals surface area contributed by atoms with Crippen molar-refractivity contribution < 1.29 is 9.63 Å². The van der Waals surface area contributed by atoms with Crippen LogP contribution in [0.5, 0.6) is 0 Å². The zero-order chi connectivity index (χ0) is 12.6. The maximum atomic E-state index is 10.3. The maximum absolute atomic E-state index is 10.3. The molecule has 2 aromatic rings. The van der Waals surface area contributed by atoms with Crippen LogP contribution in [0.25, 0.3) is 0 Å². The normalized spacial score (nSPS) is 12.8. The van der Waals surface area contributed by atoms with Gasteiger partial charge < -0.3 is 9.63 Å². The molecule has 5 heteroatoms. The van der Waals surface area contributed by atoms with Crippen molar-refractivity contribution in [2.45, 2.75) is 20.0 Å². The molecule has 1 aromatic carbocycles. The molecule has 1 atom stereocenters. The van der Waals surface area contributed by atoms with Gasteiger partial charge in [-0.05, 0) is 31.5 Å². The Morgan fingerprint density at radius 1 is 1.24 bits per heavy atom. The van der Waals surface area contributed by atoms with Gasteiger partial charge in [-0.1, -0.05) is 34.4 Å². The van der Waals surface area contributed by atoms with Crippen molar-refractivity contribution >= 4 is 23.2 Å². The molecule has 0 aliphatic heterocycles. The van der Waals surface area contributed by atoms with Crippen molar-refractivity contribution in [3.63, 3.8) is 0 Å². The second-order valence-corrected chi connectivity index (χ2v) is 4.63. The summed E-state index contributed by atoms with van der Waals surface area (Å²) >= 11 is 11.7. The minimum Gasteiger partial charge on any atom is -0.383 e. The molecule has 17 heavy (non-hydrogen) atoms. The van der Waals surface area contributed by atoms with Gasteiger partial charge in [0.2, 0.25) is 0 Å². The van der Waals surface area contributed by atoms with Gasteiger partial charge in [0.15, 0.2) is 0 Å². The van der Waals surface area contributed by atoms with E-state index in [0.717, 1.165) is 0 Å². The summed E-state index contributed by atoms with van der Waals surface area (Å²) in [6.07, 6.45) is -0.809. The number of aromatic nitrogens is 1. The lowest BCUT2D eigenvalue weighted by molar-refractivity contribution is 0.217. The van der Waals surface area contributed by atoms with Gasteiger partial charge >= 0.3 is 0 Å². The molecule has 0 amide bonds. The molecule has 90 valence electrons. The minimum absolute atomic E-state index is 0.412. The third-order valence-corrected chi connectivity index (χ3v) is 3.36. The Labute approximate surface area is 109 Å². The number of hydrogen-bond donors (Lipinski definition) is 1. The van der Waals surface area contributed by atoms with Crippen LogP contribution in [0.1, 0.15) is 28.7 Å². The molecule has 0 saturated heterocycles. The molecule has 0 spiro atoms. The smallest absolute Gasteiger partial charge is 0.140 e. The lowest BCUT2D eigenvalue weighted by atomic mass is 10.0. The Hall–Kier alpha value is -1.03. The van der Waals surface area contributed by atoms with Crippen molar-refractivity contribution in [2.24, 2.45) is 0 Å². The number of aliphatic hydroxyl groups is 1. The minimum atomic E-state index is -0.809. The maximum Gasteiger partial charge on any atom is 0.140 e. The van der Waals surface area contributed by atoms with E-state index in [1.807, 2.05) is 0 Å². The second kappa shape index (κ2) is 4.69. The molecule has 1 aromatic heterocycles. The fraction of sp³-hybridized carbons (Fsp3) is 0.250. The number of benzene rings is 1. The Kier molecular flexibility index (Phi) is 3.43. The van der Waals surface area contributed by atoms with Gasteiger partial charge in [0.1, 0.15) is 11.9 Å². The van der Waals surface area contributed by atoms with Crippen LogP contribution in [0.4, 0.5) is 0 Å². The van der Waals surface area contributed by atoms with Crippen molar-refractivity contribution in [3.05, 3.63) is 50.8 Å². The average molecular weight is 272 g/mol. The zero-order valence-electron chi connectivity index (χ0n) is 9.37. The van der Waals surface area contributed by atoms with Crippen molar-refractivity contribution in [3.8, 4) is 0 Å². The van der Waals surface area contributed by atoms with Crippen LogP contribution in [0.3, 0.4) is 0 Å². The van der Waals surface area contributed by atoms with E-state index < -0.39 is 6.10 Å². The predicted octanol–water partition coefficient (Wildman–Crippen LogP) is 3.68. The van der Waals surface area contributed by atoms with E-state index in [2.05, 4.69) is 5.16 Å². The molecule has 0 fully saturated rings. The summed E-state index contributed by atoms with van der Waals surface area (Å²) in [5.74, 6) is 0.598. The summed E-state index contributed by atoms with van der Waals surface area (Å²) < 4.78 is 5.02. The average Bonchev–Trinajstić information content (AvgIpc) is 2.62. The van der Waals surface area contributed by atoms with Crippen LogP contribution < -0.4 is 0 Å². The van der Waals surface area contributed by atoms with E-state index in [4.69, 9.17) is 27.7 Å². The quantitative estimate of drug-likeness (QED) is 0.907. The summed E-state index contributed by atoms with van der Waals surface area (Å²) in [5, 5.41) is 14.9. The number of nitrogens with zero attached hydrogens (tertiary/aromatic N) is 1. The number of hydrogen-bond acceptors (Lipinski definition) is 3. The zero-order valence-corrected chi connectivity index (χ0v) is 10.9. The third kappa shape index (κ3) is 2.32. The second-order valence-electron chi connectivity index (χ2n) is 3.81. The first kappa shape index (κ1) is 12.4. The lowest BCUT2D eigenvalue weighted by Gasteiger charge is -2.11. The number of aryl methyl sites for hydroxylation is 2. The summed E-state index contributed by atoms with van der Waals surface area (Å²) in [4.78, 5) is 0. The molecular formula is C12H11Cl2NO2. The van der Waals surface area contributed by atoms with Crippen molar-refractivity contribution in [1.82, 2.24) is 5.16 Å². The Morgan fingerprint density at radius 2 is 1.94 bits per heavy atom. The Bertz CT molecular complexity index is 532. The SMILES string of the molecule is Cc1noc(C)c1C(O)c1ccc(Cl)c(Cl)c1. The predicted molar refractivity (Wildman–Crippen MR) is 66.5 cm³/mol. The van der Waals surface area contributed by atoms with Crippen LogP contribution >= 0.6 is 23.2 Å². The first-order valence-electron chi connectivity index (χ1n) is 5.06. The third-order valence-electron chi connectivity index (χ3n) is 2.62. The molecule has 3 nitrogen and oxygen atoms in total. The number of halogens is 2. The molecule has 0 aliphatic rings. The highest BCUT2D eigenvalue weighted by Gasteiger charge is 2.20. The fourth-order valence-electron chi connectivity index (χ4n) is 1.73. The van der Waals surface area contributed by atoms with Gasteiger partial charge in [0.25, 0.3) is 0 Å². The molecule has 0 aliphatic carbocycles. The Balaban J connectivity index is 2.43. The van der Waals surface area contributed by atoms with Crippen LogP contribution in [-0.2, 0) is 0 Å². The lowest BCUT2D eigenvalue weighted by Crippen LogP contribution is -2.02. The van der Waals surface area contributed by atoms with Gasteiger partial charge in [-0.25, -0.2) is 0 Å². The molecule has 1 unspecified atom stereocenters. The molecule has 1 N–H and O–H groups in total. The topological polar surface area (TPSA) is 46.3 Å². The van der Waals surface area contributed by atoms with E-state index in [-0.39, 0.29) is 0 Å². The standard InChI is InChI=1S/C12H11Cl2NO2/c1-6-11(7(2)17-15-6)12(16)8-3-4-9(13)10(14)5-8/h3-5,12,16H,1-2H3. The molecule has 1 heterocycles. The molecule has 2 rings (SSSR count). The van der Waals surface area contributed by atoms with Crippen LogP contribution in [0.2, 0.25) is 10.0 Å². The first-order valence-corrected chi connectivity index (χ1v) is 5.82. The summed E-state index contributed by atoms with van der Waals surface area (Å²) in [6.45, 7) is 3.54. The van der Waals surface area contributed by atoms with Crippen LogP contribution in [-0.4, -0.2) is 10.3 Å². The van der Waals surface area contributed by atoms with E-state index in [0.29, 0.717) is 32.6 Å². The Morgan fingerprint density at radius 3 is 2.47 bits per heavy atom. The highest BCUT2D eigenvalue weighted by molar-refractivity contribution is 6.42. The van der Waals surface area contributed by atoms with Crippen LogP contribution in [0.15, 0.2) is 22.7 Å². The molecule has 0 bridgehead atoms. The summed E-state index contributed by atoms with van der Waals surface area (Å²) in [6, 6.07) is 5.02. The van der Waals surface area contributed by atoms with Crippen molar-refractivity contribution in [1.29, 1.82) is 0 Å². The molecular weight excluding hydrogens is 261 g/mol. The van der Waals surface area contributed by atoms with E-state index in [1.165, 1.54) is 0 Å². The molecule has 0 saturated carbocycles. The first-order chi connectivity index (χ1) is 8.00. The van der Waals surface area contributed by atoms with E-state index >= 15 is 0 Å². The largest absolute Gasteiger partial charge is 0.383 e. The van der Waals surface area contributed by atoms with E-state index in [9.17, 15) is 5.11 Å². The van der Waals surface area contributed by atoms with E-state index in [1.54, 1.807) is 32.0 Å². The summed E-state index contributed by atoms with van der Waals surface area (Å²) in [7, 11) is 0. The van der Waals surface area contributed by atoms with Gasteiger partial charge in [0.05, 0.1) is 21.3 Å². The molecule has 0 radical (unpaired) electrons. The van der Waals surface area contributed by atoms with Crippen LogP contribution in [0, 0.1) is 13.8 Å².